The highest BCUT2D eigenvalue weighted by molar-refractivity contribution is 5.71. The van der Waals surface area contributed by atoms with E-state index in [2.05, 4.69) is 4.98 Å². The number of nitriles is 1. The minimum atomic E-state index is -0.793. The summed E-state index contributed by atoms with van der Waals surface area (Å²) in [5.41, 5.74) is 0. The number of aliphatic carboxylic acids is 1. The summed E-state index contributed by atoms with van der Waals surface area (Å²) in [7, 11) is 0. The lowest BCUT2D eigenvalue weighted by molar-refractivity contribution is -0.147. The summed E-state index contributed by atoms with van der Waals surface area (Å²) in [5, 5.41) is 17.6. The third-order valence-electron chi connectivity index (χ3n) is 2.68. The Kier molecular flexibility index (Phi) is 1.97. The van der Waals surface area contributed by atoms with Gasteiger partial charge in [-0.2, -0.15) is 5.26 Å². The van der Waals surface area contributed by atoms with E-state index in [-0.39, 0.29) is 12.0 Å². The molecule has 0 radical (unpaired) electrons. The van der Waals surface area contributed by atoms with Crippen LogP contribution in [0.25, 0.3) is 0 Å². The molecule has 0 amide bonds. The molecule has 2 rings (SSSR count). The average molecular weight is 191 g/mol. The topological polar surface area (TPSA) is 78.9 Å². The number of imidazole rings is 1. The maximum Gasteiger partial charge on any atom is 0.308 e. The van der Waals surface area contributed by atoms with Gasteiger partial charge in [0.25, 0.3) is 0 Å². The molecule has 14 heavy (non-hydrogen) atoms. The maximum atomic E-state index is 10.8. The van der Waals surface area contributed by atoms with Crippen LogP contribution < -0.4 is 0 Å². The monoisotopic (exact) mass is 191 g/mol. The van der Waals surface area contributed by atoms with Gasteiger partial charge in [-0.05, 0) is 12.8 Å². The van der Waals surface area contributed by atoms with Gasteiger partial charge < -0.3 is 9.67 Å². The Bertz CT molecular complexity index is 404. The molecule has 0 saturated heterocycles. The van der Waals surface area contributed by atoms with Crippen molar-refractivity contribution in [3.63, 3.8) is 0 Å². The fourth-order valence-corrected chi connectivity index (χ4v) is 1.77. The minimum absolute atomic E-state index is 0.0929. The quantitative estimate of drug-likeness (QED) is 0.749. The number of hydrogen-bond acceptors (Lipinski definition) is 3. The maximum absolute atomic E-state index is 10.8. The second-order valence-electron chi connectivity index (χ2n) is 3.36. The van der Waals surface area contributed by atoms with E-state index in [0.717, 1.165) is 6.42 Å². The van der Waals surface area contributed by atoms with E-state index in [9.17, 15) is 4.79 Å². The molecule has 1 saturated carbocycles. The number of carboxylic acid groups (broad SMARTS) is 1. The molecular formula is C9H9N3O2. The van der Waals surface area contributed by atoms with Gasteiger partial charge in [0.05, 0.1) is 5.92 Å². The number of rotatable bonds is 2. The van der Waals surface area contributed by atoms with E-state index in [1.807, 2.05) is 6.07 Å². The van der Waals surface area contributed by atoms with Gasteiger partial charge in [0.15, 0.2) is 0 Å². The van der Waals surface area contributed by atoms with Crippen LogP contribution in [0, 0.1) is 17.2 Å². The molecule has 72 valence electrons. The predicted octanol–water partition coefficient (Wildman–Crippen LogP) is 0.790. The first-order valence-electron chi connectivity index (χ1n) is 4.39. The summed E-state index contributed by atoms with van der Waals surface area (Å²) in [5.74, 6) is -0.865. The summed E-state index contributed by atoms with van der Waals surface area (Å²) in [6.45, 7) is 0. The molecule has 2 unspecified atom stereocenters. The smallest absolute Gasteiger partial charge is 0.308 e. The highest BCUT2D eigenvalue weighted by atomic mass is 16.4. The fourth-order valence-electron chi connectivity index (χ4n) is 1.77. The van der Waals surface area contributed by atoms with E-state index >= 15 is 0 Å². The molecule has 0 aliphatic heterocycles. The van der Waals surface area contributed by atoms with Crippen molar-refractivity contribution in [1.29, 1.82) is 5.26 Å². The van der Waals surface area contributed by atoms with E-state index in [1.165, 1.54) is 6.20 Å². The second kappa shape index (κ2) is 3.14. The third kappa shape index (κ3) is 1.16. The average Bonchev–Trinajstić information content (AvgIpc) is 2.49. The second-order valence-corrected chi connectivity index (χ2v) is 3.36. The Morgan fingerprint density at radius 3 is 3.00 bits per heavy atom. The fraction of sp³-hybridized carbons (Fsp3) is 0.444. The molecule has 1 N–H and O–H groups in total. The highest BCUT2D eigenvalue weighted by Gasteiger charge is 2.38. The number of aromatic nitrogens is 2. The molecule has 0 aromatic carbocycles. The van der Waals surface area contributed by atoms with Crippen LogP contribution in [0.5, 0.6) is 0 Å². The lowest BCUT2D eigenvalue weighted by Gasteiger charge is -2.34. The summed E-state index contributed by atoms with van der Waals surface area (Å²) < 4.78 is 1.66. The summed E-state index contributed by atoms with van der Waals surface area (Å²) in [4.78, 5) is 14.6. The van der Waals surface area contributed by atoms with Crippen molar-refractivity contribution in [2.24, 2.45) is 5.92 Å². The summed E-state index contributed by atoms with van der Waals surface area (Å²) >= 11 is 0. The van der Waals surface area contributed by atoms with Gasteiger partial charge in [-0.15, -0.1) is 0 Å². The van der Waals surface area contributed by atoms with Crippen LogP contribution in [0.1, 0.15) is 24.7 Å². The van der Waals surface area contributed by atoms with Crippen molar-refractivity contribution < 1.29 is 9.90 Å². The zero-order valence-corrected chi connectivity index (χ0v) is 7.42. The Morgan fingerprint density at radius 1 is 1.71 bits per heavy atom. The number of carboxylic acids is 1. The van der Waals surface area contributed by atoms with Gasteiger partial charge in [-0.3, -0.25) is 4.79 Å². The highest BCUT2D eigenvalue weighted by Crippen LogP contribution is 2.39. The molecule has 1 aliphatic carbocycles. The molecular weight excluding hydrogens is 182 g/mol. The standard InChI is InChI=1S/C9H9N3O2/c10-5-8-11-3-4-12(8)7-2-1-6(7)9(13)14/h3-4,6-7H,1-2H2,(H,13,14). The van der Waals surface area contributed by atoms with Crippen LogP contribution in [-0.4, -0.2) is 20.6 Å². The van der Waals surface area contributed by atoms with Crippen molar-refractivity contribution in [2.45, 2.75) is 18.9 Å². The molecule has 2 atom stereocenters. The first kappa shape index (κ1) is 8.75. The zero-order chi connectivity index (χ0) is 10.1. The van der Waals surface area contributed by atoms with Gasteiger partial charge in [-0.1, -0.05) is 0 Å². The predicted molar refractivity (Wildman–Crippen MR) is 46.3 cm³/mol. The molecule has 1 aliphatic rings. The van der Waals surface area contributed by atoms with Gasteiger partial charge in [0.1, 0.15) is 6.07 Å². The SMILES string of the molecule is N#Cc1nccn1C1CCC1C(=O)O. The van der Waals surface area contributed by atoms with Gasteiger partial charge in [0.2, 0.25) is 5.82 Å². The first-order chi connectivity index (χ1) is 6.74. The lowest BCUT2D eigenvalue weighted by atomic mass is 9.79. The van der Waals surface area contributed by atoms with E-state index in [4.69, 9.17) is 10.4 Å². The van der Waals surface area contributed by atoms with Crippen LogP contribution >= 0.6 is 0 Å². The van der Waals surface area contributed by atoms with Crippen LogP contribution in [0.2, 0.25) is 0 Å². The molecule has 5 nitrogen and oxygen atoms in total. The van der Waals surface area contributed by atoms with Crippen molar-refractivity contribution >= 4 is 5.97 Å². The van der Waals surface area contributed by atoms with Crippen molar-refractivity contribution in [3.05, 3.63) is 18.2 Å². The molecule has 0 spiro atoms. The summed E-state index contributed by atoms with van der Waals surface area (Å²) in [6, 6.07) is 1.85. The van der Waals surface area contributed by atoms with Gasteiger partial charge >= 0.3 is 5.97 Å². The molecule has 5 heteroatoms. The number of nitrogens with zero attached hydrogens (tertiary/aromatic N) is 3. The molecule has 1 fully saturated rings. The normalized spacial score (nSPS) is 25.1. The Balaban J connectivity index is 2.25. The lowest BCUT2D eigenvalue weighted by Crippen LogP contribution is -2.35. The van der Waals surface area contributed by atoms with Gasteiger partial charge in [-0.25, -0.2) is 4.98 Å². The van der Waals surface area contributed by atoms with Crippen LogP contribution in [-0.2, 0) is 4.79 Å². The Morgan fingerprint density at radius 2 is 2.50 bits per heavy atom. The van der Waals surface area contributed by atoms with E-state index in [0.29, 0.717) is 12.2 Å². The molecule has 0 bridgehead atoms. The minimum Gasteiger partial charge on any atom is -0.481 e. The van der Waals surface area contributed by atoms with Crippen molar-refractivity contribution in [2.75, 3.05) is 0 Å². The van der Waals surface area contributed by atoms with Gasteiger partial charge in [0, 0.05) is 18.4 Å². The largest absolute Gasteiger partial charge is 0.481 e. The molecule has 1 aromatic heterocycles. The van der Waals surface area contributed by atoms with Crippen molar-refractivity contribution in [3.8, 4) is 6.07 Å². The van der Waals surface area contributed by atoms with Crippen molar-refractivity contribution in [1.82, 2.24) is 9.55 Å². The molecule has 1 aromatic rings. The van der Waals surface area contributed by atoms with Crippen LogP contribution in [0.3, 0.4) is 0 Å². The van der Waals surface area contributed by atoms with E-state index < -0.39 is 5.97 Å². The van der Waals surface area contributed by atoms with Crippen LogP contribution in [0.15, 0.2) is 12.4 Å². The first-order valence-corrected chi connectivity index (χ1v) is 4.39. The zero-order valence-electron chi connectivity index (χ0n) is 7.42. The summed E-state index contributed by atoms with van der Waals surface area (Å²) in [6.07, 6.45) is 4.68. The number of hydrogen-bond donors (Lipinski definition) is 1. The number of carbonyl (C=O) groups is 1. The Hall–Kier alpha value is -1.83. The van der Waals surface area contributed by atoms with Crippen LogP contribution in [0.4, 0.5) is 0 Å². The van der Waals surface area contributed by atoms with E-state index in [1.54, 1.807) is 10.8 Å². The third-order valence-corrected chi connectivity index (χ3v) is 2.68. The molecule has 1 heterocycles. The Labute approximate surface area is 80.6 Å².